The fourth-order valence-corrected chi connectivity index (χ4v) is 0.427. The molecule has 0 spiro atoms. The van der Waals surface area contributed by atoms with Crippen LogP contribution in [-0.2, 0) is 0 Å². The minimum absolute atomic E-state index is 0. The number of hydrogen-bond acceptors (Lipinski definition) is 0. The van der Waals surface area contributed by atoms with Gasteiger partial charge in [-0.25, -0.2) is 0 Å². The monoisotopic (exact) mass is 192 g/mol. The van der Waals surface area contributed by atoms with Crippen molar-refractivity contribution in [1.82, 2.24) is 0 Å². The third-order valence-corrected chi connectivity index (χ3v) is 0.854. The van der Waals surface area contributed by atoms with E-state index in [4.69, 9.17) is 0 Å². The van der Waals surface area contributed by atoms with Gasteiger partial charge >= 0.3 is 58.9 Å². The van der Waals surface area contributed by atoms with Crippen molar-refractivity contribution in [3.63, 3.8) is 0 Å². The van der Waals surface area contributed by atoms with E-state index in [2.05, 4.69) is 13.8 Å². The Hall–Kier alpha value is 1.49. The predicted molar refractivity (Wildman–Crippen MR) is 38.6 cm³/mol. The molecule has 0 heterocycles. The second kappa shape index (κ2) is 17.5. The van der Waals surface area contributed by atoms with E-state index in [1.807, 2.05) is 0 Å². The molecule has 0 bridgehead atoms. The third-order valence-electron chi connectivity index (χ3n) is 0.854. The van der Waals surface area contributed by atoms with Crippen LogP contribution in [0.25, 0.3) is 0 Å². The maximum absolute atomic E-state index is 9.67. The smallest absolute Gasteiger partial charge is 0.343 e. The summed E-state index contributed by atoms with van der Waals surface area (Å²) in [4.78, 5) is 0. The molecule has 0 saturated carbocycles. The van der Waals surface area contributed by atoms with Gasteiger partial charge in [0.2, 0.25) is 0 Å². The molecular formula is C6H13BF3K. The van der Waals surface area contributed by atoms with Gasteiger partial charge in [0.05, 0.1) is 0 Å². The van der Waals surface area contributed by atoms with Crippen molar-refractivity contribution in [3.8, 4) is 0 Å². The molecule has 0 aliphatic rings. The van der Waals surface area contributed by atoms with E-state index in [1.165, 1.54) is 19.3 Å². The average Bonchev–Trinajstić information content (AvgIpc) is 1.82. The van der Waals surface area contributed by atoms with E-state index < -0.39 is 7.54 Å². The summed E-state index contributed by atoms with van der Waals surface area (Å²) in [6.07, 6.45) is 5.07. The van der Waals surface area contributed by atoms with Gasteiger partial charge in [-0.2, -0.15) is 6.42 Å². The van der Waals surface area contributed by atoms with Crippen LogP contribution in [0.15, 0.2) is 0 Å². The van der Waals surface area contributed by atoms with E-state index >= 15 is 0 Å². The van der Waals surface area contributed by atoms with E-state index in [0.717, 1.165) is 6.42 Å². The van der Waals surface area contributed by atoms with Crippen LogP contribution in [0.1, 0.15) is 32.6 Å². The summed E-state index contributed by atoms with van der Waals surface area (Å²) in [6.45, 7) is 5.93. The van der Waals surface area contributed by atoms with Crippen LogP contribution in [0.5, 0.6) is 0 Å². The number of halogens is 3. The van der Waals surface area contributed by atoms with Crippen molar-refractivity contribution >= 4 is 7.54 Å². The van der Waals surface area contributed by atoms with Gasteiger partial charge in [-0.1, -0.05) is 26.2 Å². The molecule has 0 amide bonds. The van der Waals surface area contributed by atoms with E-state index in [1.54, 1.807) is 0 Å². The first kappa shape index (κ1) is 18.3. The van der Waals surface area contributed by atoms with Crippen LogP contribution in [0.3, 0.4) is 0 Å². The average molecular weight is 192 g/mol. The molecule has 0 rings (SSSR count). The van der Waals surface area contributed by atoms with Gasteiger partial charge in [-0.3, -0.25) is 12.9 Å². The molecule has 0 nitrogen and oxygen atoms in total. The first-order valence-electron chi connectivity index (χ1n) is 3.36. The summed E-state index contributed by atoms with van der Waals surface area (Å²) in [6, 6.07) is 0. The topological polar surface area (TPSA) is 0 Å². The Kier molecular flexibility index (Phi) is 29.2. The van der Waals surface area contributed by atoms with Crippen molar-refractivity contribution < 1.29 is 64.3 Å². The van der Waals surface area contributed by atoms with Crippen LogP contribution in [0.2, 0.25) is 0 Å². The maximum Gasteiger partial charge on any atom is 1.00 e. The summed E-state index contributed by atoms with van der Waals surface area (Å²) in [5.41, 5.74) is 0. The van der Waals surface area contributed by atoms with Crippen molar-refractivity contribution in [1.29, 1.82) is 0 Å². The molecule has 0 unspecified atom stereocenters. The molecule has 0 N–H and O–H groups in total. The fraction of sp³-hybridized carbons (Fsp3) is 0.833. The Balaban J connectivity index is -0.000000114. The molecule has 0 radical (unpaired) electrons. The molecule has 0 saturated heterocycles. The Morgan fingerprint density at radius 3 is 1.64 bits per heavy atom. The van der Waals surface area contributed by atoms with Crippen LogP contribution in [-0.4, -0.2) is 7.54 Å². The maximum atomic E-state index is 9.67. The fourth-order valence-electron chi connectivity index (χ4n) is 0.427. The number of unbranched alkanes of at least 4 members (excludes halogenated alkanes) is 3. The summed E-state index contributed by atoms with van der Waals surface area (Å²) in [5, 5.41) is 0. The Morgan fingerprint density at radius 1 is 1.18 bits per heavy atom. The molecular weight excluding hydrogens is 179 g/mol. The molecule has 62 valence electrons. The van der Waals surface area contributed by atoms with Gasteiger partial charge in [0.25, 0.3) is 0 Å². The first-order chi connectivity index (χ1) is 4.65. The second-order valence-electron chi connectivity index (χ2n) is 1.81. The van der Waals surface area contributed by atoms with Gasteiger partial charge < -0.3 is 6.92 Å². The third kappa shape index (κ3) is 51.3. The predicted octanol–water partition coefficient (Wildman–Crippen LogP) is 0.285. The van der Waals surface area contributed by atoms with Crippen molar-refractivity contribution in [2.24, 2.45) is 0 Å². The first-order valence-corrected chi connectivity index (χ1v) is 3.36. The molecule has 0 aromatic heterocycles. The quantitative estimate of drug-likeness (QED) is 0.342. The summed E-state index contributed by atoms with van der Waals surface area (Å²) < 4.78 is 29.0. The van der Waals surface area contributed by atoms with E-state index in [0.29, 0.717) is 0 Å². The molecule has 0 aromatic carbocycles. The summed E-state index contributed by atoms with van der Waals surface area (Å²) in [7, 11) is -3.67. The summed E-state index contributed by atoms with van der Waals surface area (Å²) >= 11 is 0. The minimum Gasteiger partial charge on any atom is -0.343 e. The normalized spacial score (nSPS) is 7.36. The standard InChI is InChI=1S/C6H13.BF3.K/c1-3-5-6-4-2;2-1(3)4;/h1,3-6H2,2H3;;/q-1;;+1. The molecule has 0 atom stereocenters. The van der Waals surface area contributed by atoms with Crippen LogP contribution >= 0.6 is 0 Å². The SMILES string of the molecule is FB(F)F.[CH2-]CCCCC.[K+]. The van der Waals surface area contributed by atoms with Crippen molar-refractivity contribution in [2.75, 3.05) is 0 Å². The molecule has 0 fully saturated rings. The Morgan fingerprint density at radius 2 is 1.55 bits per heavy atom. The van der Waals surface area contributed by atoms with Gasteiger partial charge in [-0.05, 0) is 0 Å². The van der Waals surface area contributed by atoms with Crippen LogP contribution in [0.4, 0.5) is 12.9 Å². The van der Waals surface area contributed by atoms with Gasteiger partial charge in [0.15, 0.2) is 0 Å². The number of hydrogen-bond donors (Lipinski definition) is 0. The zero-order chi connectivity index (χ0) is 8.41. The van der Waals surface area contributed by atoms with E-state index in [9.17, 15) is 12.9 Å². The summed E-state index contributed by atoms with van der Waals surface area (Å²) in [5.74, 6) is 0. The molecule has 0 aliphatic carbocycles. The molecule has 11 heavy (non-hydrogen) atoms. The second-order valence-corrected chi connectivity index (χ2v) is 1.81. The van der Waals surface area contributed by atoms with Gasteiger partial charge in [0, 0.05) is 0 Å². The van der Waals surface area contributed by atoms with Crippen LogP contribution < -0.4 is 51.4 Å². The zero-order valence-corrected chi connectivity index (χ0v) is 10.4. The van der Waals surface area contributed by atoms with Crippen LogP contribution in [0, 0.1) is 6.92 Å². The Labute approximate surface area is 110 Å². The molecule has 5 heteroatoms. The number of rotatable bonds is 3. The van der Waals surface area contributed by atoms with Gasteiger partial charge in [-0.15, -0.1) is 0 Å². The molecule has 0 aliphatic heterocycles. The minimum atomic E-state index is -3.67. The Bertz CT molecular complexity index is 48.3. The molecule has 0 aromatic rings. The van der Waals surface area contributed by atoms with Crippen molar-refractivity contribution in [2.45, 2.75) is 32.6 Å². The van der Waals surface area contributed by atoms with Crippen molar-refractivity contribution in [3.05, 3.63) is 6.92 Å². The zero-order valence-electron chi connectivity index (χ0n) is 7.25. The largest absolute Gasteiger partial charge is 1.00 e. The van der Waals surface area contributed by atoms with E-state index in [-0.39, 0.29) is 51.4 Å². The van der Waals surface area contributed by atoms with Gasteiger partial charge in [0.1, 0.15) is 0 Å².